The number of rotatable bonds is 3. The van der Waals surface area contributed by atoms with Gasteiger partial charge in [0.05, 0.1) is 0 Å². The normalized spacial score (nSPS) is 20.6. The summed E-state index contributed by atoms with van der Waals surface area (Å²) in [7, 11) is 0. The number of likely N-dealkylation sites (tertiary alicyclic amines) is 1. The Morgan fingerprint density at radius 3 is 2.61 bits per heavy atom. The Hall–Kier alpha value is -1.57. The number of hydrogen-bond donors (Lipinski definition) is 0. The number of piperidine rings is 1. The molecule has 1 saturated heterocycles. The van der Waals surface area contributed by atoms with Gasteiger partial charge in [-0.05, 0) is 23.8 Å². The van der Waals surface area contributed by atoms with E-state index in [0.29, 0.717) is 18.4 Å². The number of benzene rings is 1. The van der Waals surface area contributed by atoms with Crippen molar-refractivity contribution in [3.63, 3.8) is 0 Å². The average molecular weight is 243 g/mol. The highest BCUT2D eigenvalue weighted by Crippen LogP contribution is 2.27. The molecule has 1 atom stereocenters. The lowest BCUT2D eigenvalue weighted by Gasteiger charge is -2.35. The van der Waals surface area contributed by atoms with Crippen LogP contribution in [0.3, 0.4) is 0 Å². The van der Waals surface area contributed by atoms with Crippen molar-refractivity contribution in [3.8, 4) is 0 Å². The molecular weight excluding hydrogens is 222 g/mol. The SMILES string of the molecule is C=C1C[C@@H](C(C)C)CN(Cc2ccccc2)C1=O. The molecule has 1 aromatic carbocycles. The zero-order valence-corrected chi connectivity index (χ0v) is 11.2. The fourth-order valence-electron chi connectivity index (χ4n) is 2.44. The summed E-state index contributed by atoms with van der Waals surface area (Å²) >= 11 is 0. The van der Waals surface area contributed by atoms with Crippen LogP contribution in [-0.2, 0) is 11.3 Å². The van der Waals surface area contributed by atoms with Gasteiger partial charge in [-0.2, -0.15) is 0 Å². The summed E-state index contributed by atoms with van der Waals surface area (Å²) < 4.78 is 0. The zero-order valence-electron chi connectivity index (χ0n) is 11.2. The highest BCUT2D eigenvalue weighted by atomic mass is 16.2. The smallest absolute Gasteiger partial charge is 0.249 e. The molecule has 18 heavy (non-hydrogen) atoms. The molecule has 1 aromatic rings. The molecule has 0 N–H and O–H groups in total. The fourth-order valence-corrected chi connectivity index (χ4v) is 2.44. The van der Waals surface area contributed by atoms with E-state index in [4.69, 9.17) is 0 Å². The summed E-state index contributed by atoms with van der Waals surface area (Å²) in [5, 5.41) is 0. The molecule has 2 heteroatoms. The Labute approximate surface area is 109 Å². The average Bonchev–Trinajstić information content (AvgIpc) is 2.35. The number of hydrogen-bond acceptors (Lipinski definition) is 1. The molecule has 0 saturated carbocycles. The van der Waals surface area contributed by atoms with Crippen LogP contribution >= 0.6 is 0 Å². The molecule has 0 aromatic heterocycles. The monoisotopic (exact) mass is 243 g/mol. The van der Waals surface area contributed by atoms with Gasteiger partial charge in [0, 0.05) is 18.7 Å². The van der Waals surface area contributed by atoms with Gasteiger partial charge in [-0.25, -0.2) is 0 Å². The molecular formula is C16H21NO. The van der Waals surface area contributed by atoms with Gasteiger partial charge in [0.2, 0.25) is 5.91 Å². The number of amides is 1. The van der Waals surface area contributed by atoms with Crippen molar-refractivity contribution in [2.45, 2.75) is 26.8 Å². The number of carbonyl (C=O) groups excluding carboxylic acids is 1. The van der Waals surface area contributed by atoms with E-state index in [0.717, 1.165) is 18.5 Å². The first-order chi connectivity index (χ1) is 8.58. The topological polar surface area (TPSA) is 20.3 Å². The van der Waals surface area contributed by atoms with E-state index in [9.17, 15) is 4.79 Å². The van der Waals surface area contributed by atoms with Crippen molar-refractivity contribution in [2.24, 2.45) is 11.8 Å². The summed E-state index contributed by atoms with van der Waals surface area (Å²) in [5.74, 6) is 1.25. The highest BCUT2D eigenvalue weighted by Gasteiger charge is 2.29. The molecule has 2 nitrogen and oxygen atoms in total. The Kier molecular flexibility index (Phi) is 3.85. The molecule has 0 aliphatic carbocycles. The molecule has 0 unspecified atom stereocenters. The maximum Gasteiger partial charge on any atom is 0.249 e. The first-order valence-electron chi connectivity index (χ1n) is 6.59. The van der Waals surface area contributed by atoms with E-state index in [2.05, 4.69) is 32.6 Å². The lowest BCUT2D eigenvalue weighted by atomic mass is 9.85. The van der Waals surface area contributed by atoms with E-state index in [1.807, 2.05) is 23.1 Å². The summed E-state index contributed by atoms with van der Waals surface area (Å²) in [6.07, 6.45) is 0.849. The van der Waals surface area contributed by atoms with Gasteiger partial charge >= 0.3 is 0 Å². The van der Waals surface area contributed by atoms with Crippen molar-refractivity contribution < 1.29 is 4.79 Å². The highest BCUT2D eigenvalue weighted by molar-refractivity contribution is 5.93. The van der Waals surface area contributed by atoms with Gasteiger partial charge in [0.1, 0.15) is 0 Å². The Morgan fingerprint density at radius 1 is 1.33 bits per heavy atom. The third-order valence-electron chi connectivity index (χ3n) is 3.71. The Balaban J connectivity index is 2.10. The van der Waals surface area contributed by atoms with Crippen LogP contribution in [-0.4, -0.2) is 17.4 Å². The van der Waals surface area contributed by atoms with Gasteiger partial charge in [-0.15, -0.1) is 0 Å². The summed E-state index contributed by atoms with van der Waals surface area (Å²) in [5.41, 5.74) is 1.94. The second kappa shape index (κ2) is 5.38. The van der Waals surface area contributed by atoms with Crippen LogP contribution < -0.4 is 0 Å². The van der Waals surface area contributed by atoms with Gasteiger partial charge in [0.15, 0.2) is 0 Å². The minimum Gasteiger partial charge on any atom is -0.334 e. The van der Waals surface area contributed by atoms with E-state index in [1.54, 1.807) is 0 Å². The van der Waals surface area contributed by atoms with E-state index in [-0.39, 0.29) is 5.91 Å². The molecule has 0 radical (unpaired) electrons. The molecule has 1 amide bonds. The van der Waals surface area contributed by atoms with E-state index >= 15 is 0 Å². The molecule has 1 aliphatic rings. The molecule has 1 fully saturated rings. The van der Waals surface area contributed by atoms with E-state index < -0.39 is 0 Å². The number of carbonyl (C=O) groups is 1. The molecule has 0 bridgehead atoms. The molecule has 1 heterocycles. The maximum atomic E-state index is 12.1. The van der Waals surface area contributed by atoms with Crippen LogP contribution in [0.25, 0.3) is 0 Å². The third-order valence-corrected chi connectivity index (χ3v) is 3.71. The predicted molar refractivity (Wildman–Crippen MR) is 73.9 cm³/mol. The predicted octanol–water partition coefficient (Wildman–Crippen LogP) is 3.25. The van der Waals surface area contributed by atoms with Crippen molar-refractivity contribution in [3.05, 3.63) is 48.0 Å². The maximum absolute atomic E-state index is 12.1. The third kappa shape index (κ3) is 2.81. The second-order valence-corrected chi connectivity index (χ2v) is 5.48. The van der Waals surface area contributed by atoms with Crippen molar-refractivity contribution in [1.82, 2.24) is 4.90 Å². The molecule has 96 valence electrons. The van der Waals surface area contributed by atoms with Crippen LogP contribution in [0.1, 0.15) is 25.8 Å². The Bertz CT molecular complexity index is 436. The van der Waals surface area contributed by atoms with Crippen LogP contribution in [0.5, 0.6) is 0 Å². The minimum atomic E-state index is 0.121. The summed E-state index contributed by atoms with van der Waals surface area (Å²) in [4.78, 5) is 14.1. The van der Waals surface area contributed by atoms with Crippen LogP contribution in [0.15, 0.2) is 42.5 Å². The largest absolute Gasteiger partial charge is 0.334 e. The van der Waals surface area contributed by atoms with Crippen molar-refractivity contribution in [1.29, 1.82) is 0 Å². The molecule has 1 aliphatic heterocycles. The van der Waals surface area contributed by atoms with Gasteiger partial charge in [0.25, 0.3) is 0 Å². The van der Waals surface area contributed by atoms with Crippen LogP contribution in [0.2, 0.25) is 0 Å². The van der Waals surface area contributed by atoms with Crippen LogP contribution in [0.4, 0.5) is 0 Å². The van der Waals surface area contributed by atoms with Gasteiger partial charge < -0.3 is 4.90 Å². The number of nitrogens with zero attached hydrogens (tertiary/aromatic N) is 1. The summed E-state index contributed by atoms with van der Waals surface area (Å²) in [6, 6.07) is 10.2. The fraction of sp³-hybridized carbons (Fsp3) is 0.438. The molecule has 2 rings (SSSR count). The summed E-state index contributed by atoms with van der Waals surface area (Å²) in [6.45, 7) is 9.91. The first-order valence-corrected chi connectivity index (χ1v) is 6.59. The molecule has 0 spiro atoms. The van der Waals surface area contributed by atoms with Crippen molar-refractivity contribution >= 4 is 5.91 Å². The second-order valence-electron chi connectivity index (χ2n) is 5.48. The first kappa shape index (κ1) is 12.9. The van der Waals surface area contributed by atoms with Crippen LogP contribution in [0, 0.1) is 11.8 Å². The zero-order chi connectivity index (χ0) is 13.1. The van der Waals surface area contributed by atoms with Gasteiger partial charge in [-0.1, -0.05) is 50.8 Å². The standard InChI is InChI=1S/C16H21NO/c1-12(2)15-9-13(3)16(18)17(11-15)10-14-7-5-4-6-8-14/h4-8,12,15H,3,9-11H2,1-2H3/t15-/m1/s1. The minimum absolute atomic E-state index is 0.121. The lowest BCUT2D eigenvalue weighted by Crippen LogP contribution is -2.42. The van der Waals surface area contributed by atoms with E-state index in [1.165, 1.54) is 5.56 Å². The lowest BCUT2D eigenvalue weighted by molar-refractivity contribution is -0.130. The quantitative estimate of drug-likeness (QED) is 0.746. The Morgan fingerprint density at radius 2 is 2.00 bits per heavy atom. The van der Waals surface area contributed by atoms with Gasteiger partial charge in [-0.3, -0.25) is 4.79 Å². The van der Waals surface area contributed by atoms with Crippen molar-refractivity contribution in [2.75, 3.05) is 6.54 Å².